The Morgan fingerprint density at radius 3 is 2.57 bits per heavy atom. The lowest BCUT2D eigenvalue weighted by Gasteiger charge is -2.06. The van der Waals surface area contributed by atoms with E-state index in [9.17, 15) is 0 Å². The average molecular weight is 187 g/mol. The lowest BCUT2D eigenvalue weighted by atomic mass is 10.0. The molecule has 0 saturated heterocycles. The molecule has 2 rings (SSSR count). The van der Waals surface area contributed by atoms with Crippen molar-refractivity contribution in [3.05, 3.63) is 41.7 Å². The Hall–Kier alpha value is -1.70. The molecule has 0 saturated carbocycles. The third-order valence-electron chi connectivity index (χ3n) is 2.40. The molecule has 1 aromatic heterocycles. The van der Waals surface area contributed by atoms with Crippen molar-refractivity contribution in [2.75, 3.05) is 5.73 Å². The SMILES string of the molecule is Cc1cc(-c2ccco2)c(C)cc1N. The fourth-order valence-corrected chi connectivity index (χ4v) is 1.54. The van der Waals surface area contributed by atoms with Crippen molar-refractivity contribution in [1.82, 2.24) is 0 Å². The van der Waals surface area contributed by atoms with Crippen LogP contribution >= 0.6 is 0 Å². The molecule has 0 bridgehead atoms. The van der Waals surface area contributed by atoms with Gasteiger partial charge >= 0.3 is 0 Å². The van der Waals surface area contributed by atoms with Gasteiger partial charge in [-0.3, -0.25) is 0 Å². The maximum Gasteiger partial charge on any atom is 0.134 e. The minimum atomic E-state index is 0.831. The van der Waals surface area contributed by atoms with Crippen LogP contribution < -0.4 is 5.73 Å². The summed E-state index contributed by atoms with van der Waals surface area (Å²) in [5.74, 6) is 0.894. The Balaban J connectivity index is 2.60. The number of rotatable bonds is 1. The van der Waals surface area contributed by atoms with Crippen LogP contribution in [-0.4, -0.2) is 0 Å². The smallest absolute Gasteiger partial charge is 0.134 e. The molecule has 2 N–H and O–H groups in total. The first-order chi connectivity index (χ1) is 6.68. The second kappa shape index (κ2) is 3.22. The van der Waals surface area contributed by atoms with Crippen molar-refractivity contribution < 1.29 is 4.42 Å². The average Bonchev–Trinajstić information content (AvgIpc) is 2.64. The zero-order valence-corrected chi connectivity index (χ0v) is 8.37. The van der Waals surface area contributed by atoms with Gasteiger partial charge in [-0.1, -0.05) is 0 Å². The van der Waals surface area contributed by atoms with Gasteiger partial charge in [0.1, 0.15) is 5.76 Å². The number of furan rings is 1. The standard InChI is InChI=1S/C12H13NO/c1-8-7-11(13)9(2)6-10(8)12-4-3-5-14-12/h3-7H,13H2,1-2H3. The molecule has 1 heterocycles. The quantitative estimate of drug-likeness (QED) is 0.696. The predicted molar refractivity (Wildman–Crippen MR) is 58.0 cm³/mol. The van der Waals surface area contributed by atoms with Crippen LogP contribution in [-0.2, 0) is 0 Å². The van der Waals surface area contributed by atoms with Gasteiger partial charge < -0.3 is 10.2 Å². The van der Waals surface area contributed by atoms with Gasteiger partial charge in [0.05, 0.1) is 6.26 Å². The number of hydrogen-bond acceptors (Lipinski definition) is 2. The van der Waals surface area contributed by atoms with E-state index in [4.69, 9.17) is 10.2 Å². The normalized spacial score (nSPS) is 10.4. The minimum absolute atomic E-state index is 0.831. The van der Waals surface area contributed by atoms with Crippen molar-refractivity contribution >= 4 is 5.69 Å². The summed E-state index contributed by atoms with van der Waals surface area (Å²) in [5, 5.41) is 0. The highest BCUT2D eigenvalue weighted by Crippen LogP contribution is 2.27. The molecule has 2 aromatic rings. The van der Waals surface area contributed by atoms with E-state index in [0.717, 1.165) is 28.1 Å². The molecular weight excluding hydrogens is 174 g/mol. The van der Waals surface area contributed by atoms with Crippen molar-refractivity contribution in [3.63, 3.8) is 0 Å². The van der Waals surface area contributed by atoms with Crippen molar-refractivity contribution in [1.29, 1.82) is 0 Å². The monoisotopic (exact) mass is 187 g/mol. The van der Waals surface area contributed by atoms with Gasteiger partial charge in [-0.15, -0.1) is 0 Å². The van der Waals surface area contributed by atoms with Gasteiger partial charge in [-0.2, -0.15) is 0 Å². The third-order valence-corrected chi connectivity index (χ3v) is 2.40. The Bertz CT molecular complexity index is 444. The number of aryl methyl sites for hydroxylation is 2. The molecule has 0 aliphatic heterocycles. The van der Waals surface area contributed by atoms with Crippen LogP contribution in [0.4, 0.5) is 5.69 Å². The number of nitrogen functional groups attached to an aromatic ring is 1. The number of benzene rings is 1. The molecule has 0 atom stereocenters. The summed E-state index contributed by atoms with van der Waals surface area (Å²) in [6.07, 6.45) is 1.68. The molecule has 0 unspecified atom stereocenters. The summed E-state index contributed by atoms with van der Waals surface area (Å²) in [6, 6.07) is 7.88. The first-order valence-corrected chi connectivity index (χ1v) is 4.59. The molecule has 1 aromatic carbocycles. The summed E-state index contributed by atoms with van der Waals surface area (Å²) in [5.41, 5.74) is 9.98. The summed E-state index contributed by atoms with van der Waals surface area (Å²) in [6.45, 7) is 4.04. The molecule has 0 amide bonds. The second-order valence-corrected chi connectivity index (χ2v) is 3.50. The van der Waals surface area contributed by atoms with Crippen LogP contribution in [0.1, 0.15) is 11.1 Å². The Morgan fingerprint density at radius 2 is 1.93 bits per heavy atom. The molecule has 2 nitrogen and oxygen atoms in total. The van der Waals surface area contributed by atoms with Crippen LogP contribution in [0.5, 0.6) is 0 Å². The van der Waals surface area contributed by atoms with Gasteiger partial charge in [0.25, 0.3) is 0 Å². The summed E-state index contributed by atoms with van der Waals surface area (Å²) >= 11 is 0. The van der Waals surface area contributed by atoms with E-state index >= 15 is 0 Å². The molecule has 2 heteroatoms. The van der Waals surface area contributed by atoms with Crippen LogP contribution in [0.15, 0.2) is 34.9 Å². The fraction of sp³-hybridized carbons (Fsp3) is 0.167. The van der Waals surface area contributed by atoms with E-state index in [1.54, 1.807) is 6.26 Å². The molecule has 0 fully saturated rings. The predicted octanol–water partition coefficient (Wildman–Crippen LogP) is 3.15. The van der Waals surface area contributed by atoms with Gasteiger partial charge in [0.2, 0.25) is 0 Å². The van der Waals surface area contributed by atoms with E-state index in [-0.39, 0.29) is 0 Å². The molecule has 72 valence electrons. The van der Waals surface area contributed by atoms with Crippen molar-refractivity contribution in [3.8, 4) is 11.3 Å². The van der Waals surface area contributed by atoms with E-state index in [1.165, 1.54) is 0 Å². The molecule has 0 radical (unpaired) electrons. The number of nitrogens with two attached hydrogens (primary N) is 1. The largest absolute Gasteiger partial charge is 0.464 e. The van der Waals surface area contributed by atoms with Crippen LogP contribution in [0.25, 0.3) is 11.3 Å². The van der Waals surface area contributed by atoms with E-state index in [2.05, 4.69) is 6.07 Å². The van der Waals surface area contributed by atoms with E-state index < -0.39 is 0 Å². The molecule has 0 spiro atoms. The van der Waals surface area contributed by atoms with Gasteiger partial charge in [0.15, 0.2) is 0 Å². The third kappa shape index (κ3) is 1.39. The second-order valence-electron chi connectivity index (χ2n) is 3.50. The van der Waals surface area contributed by atoms with Gasteiger partial charge in [0, 0.05) is 11.3 Å². The molecular formula is C12H13NO. The van der Waals surface area contributed by atoms with E-state index in [1.807, 2.05) is 32.0 Å². The highest BCUT2D eigenvalue weighted by Gasteiger charge is 2.06. The fourth-order valence-electron chi connectivity index (χ4n) is 1.54. The zero-order chi connectivity index (χ0) is 10.1. The number of hydrogen-bond donors (Lipinski definition) is 1. The van der Waals surface area contributed by atoms with E-state index in [0.29, 0.717) is 0 Å². The molecule has 14 heavy (non-hydrogen) atoms. The Morgan fingerprint density at radius 1 is 1.14 bits per heavy atom. The minimum Gasteiger partial charge on any atom is -0.464 e. The van der Waals surface area contributed by atoms with Crippen LogP contribution in [0.2, 0.25) is 0 Å². The molecule has 0 aliphatic carbocycles. The maximum absolute atomic E-state index is 5.81. The Kier molecular flexibility index (Phi) is 2.04. The topological polar surface area (TPSA) is 39.2 Å². The highest BCUT2D eigenvalue weighted by atomic mass is 16.3. The highest BCUT2D eigenvalue weighted by molar-refractivity contribution is 5.67. The number of anilines is 1. The van der Waals surface area contributed by atoms with Crippen LogP contribution in [0, 0.1) is 13.8 Å². The van der Waals surface area contributed by atoms with Crippen LogP contribution in [0.3, 0.4) is 0 Å². The Labute approximate surface area is 83.4 Å². The maximum atomic E-state index is 5.81. The summed E-state index contributed by atoms with van der Waals surface area (Å²) < 4.78 is 5.35. The first-order valence-electron chi connectivity index (χ1n) is 4.59. The zero-order valence-electron chi connectivity index (χ0n) is 8.37. The molecule has 0 aliphatic rings. The lowest BCUT2D eigenvalue weighted by molar-refractivity contribution is 0.582. The summed E-state index contributed by atoms with van der Waals surface area (Å²) in [7, 11) is 0. The van der Waals surface area contributed by atoms with Gasteiger partial charge in [-0.25, -0.2) is 0 Å². The summed E-state index contributed by atoms with van der Waals surface area (Å²) in [4.78, 5) is 0. The van der Waals surface area contributed by atoms with Crippen molar-refractivity contribution in [2.45, 2.75) is 13.8 Å². The first kappa shape index (κ1) is 8.88. The lowest BCUT2D eigenvalue weighted by Crippen LogP contribution is -1.92. The van der Waals surface area contributed by atoms with Gasteiger partial charge in [-0.05, 0) is 49.2 Å². The van der Waals surface area contributed by atoms with Crippen molar-refractivity contribution in [2.24, 2.45) is 0 Å².